The highest BCUT2D eigenvalue weighted by atomic mass is 19.3. The first-order valence-electron chi connectivity index (χ1n) is 9.42. The minimum Gasteiger partial charge on any atom is -0.497 e. The van der Waals surface area contributed by atoms with Crippen LogP contribution in [-0.4, -0.2) is 45.0 Å². The van der Waals surface area contributed by atoms with Crippen LogP contribution in [0.25, 0.3) is 0 Å². The fraction of sp³-hybridized carbons (Fsp3) is 0.381. The molecule has 2 aromatic carbocycles. The summed E-state index contributed by atoms with van der Waals surface area (Å²) in [7, 11) is 3.06. The summed E-state index contributed by atoms with van der Waals surface area (Å²) in [5.74, 6) is 1.67. The Morgan fingerprint density at radius 1 is 1.03 bits per heavy atom. The smallest absolute Gasteiger partial charge is 0.387 e. The minimum absolute atomic E-state index is 0.0312. The summed E-state index contributed by atoms with van der Waals surface area (Å²) in [5, 5.41) is 16.5. The molecule has 0 radical (unpaired) electrons. The Morgan fingerprint density at radius 3 is 2.30 bits per heavy atom. The van der Waals surface area contributed by atoms with Gasteiger partial charge in [-0.25, -0.2) is 4.99 Å². The standard InChI is InChI=1S/C21H27F2N3O4/c1-4-24-21(26-13-18(27)14-5-7-16(28-2)8-6-14)25-12-15-11-17(29-3)9-10-19(15)30-20(22)23/h5-11,18,20,27H,4,12-13H2,1-3H3,(H2,24,25,26). The number of aliphatic hydroxyl groups is 1. The Balaban J connectivity index is 2.07. The largest absolute Gasteiger partial charge is 0.497 e. The molecule has 0 saturated heterocycles. The van der Waals surface area contributed by atoms with Crippen molar-refractivity contribution >= 4 is 5.96 Å². The molecule has 9 heteroatoms. The summed E-state index contributed by atoms with van der Waals surface area (Å²) in [5.41, 5.74) is 1.17. The summed E-state index contributed by atoms with van der Waals surface area (Å²) < 4.78 is 40.2. The van der Waals surface area contributed by atoms with E-state index in [1.54, 1.807) is 43.5 Å². The van der Waals surface area contributed by atoms with Gasteiger partial charge in [0.05, 0.1) is 26.9 Å². The van der Waals surface area contributed by atoms with Gasteiger partial charge in [-0.15, -0.1) is 0 Å². The van der Waals surface area contributed by atoms with E-state index in [0.29, 0.717) is 29.6 Å². The van der Waals surface area contributed by atoms with Crippen molar-refractivity contribution in [1.82, 2.24) is 10.6 Å². The quantitative estimate of drug-likeness (QED) is 0.402. The predicted octanol–water partition coefficient (Wildman–Crippen LogP) is 3.09. The number of rotatable bonds is 10. The van der Waals surface area contributed by atoms with Crippen molar-refractivity contribution in [2.24, 2.45) is 4.99 Å². The molecule has 0 aliphatic rings. The van der Waals surface area contributed by atoms with Gasteiger partial charge in [-0.05, 0) is 42.8 Å². The lowest BCUT2D eigenvalue weighted by Crippen LogP contribution is -2.39. The molecule has 0 aliphatic carbocycles. The molecule has 0 aliphatic heterocycles. The third-order valence-electron chi connectivity index (χ3n) is 4.20. The first-order chi connectivity index (χ1) is 14.5. The topological polar surface area (TPSA) is 84.3 Å². The van der Waals surface area contributed by atoms with Crippen LogP contribution in [0, 0.1) is 0 Å². The molecule has 2 rings (SSSR count). The summed E-state index contributed by atoms with van der Waals surface area (Å²) in [6, 6.07) is 11.6. The summed E-state index contributed by atoms with van der Waals surface area (Å²) in [4.78, 5) is 4.40. The van der Waals surface area contributed by atoms with E-state index in [9.17, 15) is 13.9 Å². The van der Waals surface area contributed by atoms with E-state index in [1.807, 2.05) is 6.92 Å². The highest BCUT2D eigenvalue weighted by molar-refractivity contribution is 5.79. The van der Waals surface area contributed by atoms with Gasteiger partial charge >= 0.3 is 6.61 Å². The Kier molecular flexibility index (Phi) is 9.14. The average Bonchev–Trinajstić information content (AvgIpc) is 2.75. The van der Waals surface area contributed by atoms with E-state index >= 15 is 0 Å². The Labute approximate surface area is 174 Å². The van der Waals surface area contributed by atoms with Crippen LogP contribution < -0.4 is 24.8 Å². The average molecular weight is 423 g/mol. The first-order valence-corrected chi connectivity index (χ1v) is 9.42. The number of hydrogen-bond acceptors (Lipinski definition) is 5. The van der Waals surface area contributed by atoms with Crippen LogP contribution in [0.15, 0.2) is 47.5 Å². The normalized spacial score (nSPS) is 12.4. The van der Waals surface area contributed by atoms with Crippen LogP contribution in [0.1, 0.15) is 24.2 Å². The van der Waals surface area contributed by atoms with Crippen LogP contribution in [0.3, 0.4) is 0 Å². The number of hydrogen-bond donors (Lipinski definition) is 3. The predicted molar refractivity (Wildman–Crippen MR) is 110 cm³/mol. The molecule has 0 fully saturated rings. The Morgan fingerprint density at radius 2 is 1.70 bits per heavy atom. The molecule has 7 nitrogen and oxygen atoms in total. The van der Waals surface area contributed by atoms with Crippen LogP contribution >= 0.6 is 0 Å². The number of guanidine groups is 1. The molecule has 1 unspecified atom stereocenters. The van der Waals surface area contributed by atoms with Crippen molar-refractivity contribution in [3.05, 3.63) is 53.6 Å². The highest BCUT2D eigenvalue weighted by Gasteiger charge is 2.12. The SMILES string of the molecule is CCNC(=NCc1cc(OC)ccc1OC(F)F)NCC(O)c1ccc(OC)cc1. The van der Waals surface area contributed by atoms with Crippen LogP contribution in [-0.2, 0) is 6.54 Å². The van der Waals surface area contributed by atoms with Crippen molar-refractivity contribution in [3.63, 3.8) is 0 Å². The Hall–Kier alpha value is -3.07. The highest BCUT2D eigenvalue weighted by Crippen LogP contribution is 2.26. The van der Waals surface area contributed by atoms with Crippen molar-refractivity contribution in [2.45, 2.75) is 26.2 Å². The van der Waals surface area contributed by atoms with E-state index < -0.39 is 12.7 Å². The number of nitrogens with one attached hydrogen (secondary N) is 2. The zero-order chi connectivity index (χ0) is 21.9. The number of aliphatic imine (C=N–C) groups is 1. The van der Waals surface area contributed by atoms with Crippen LogP contribution in [0.5, 0.6) is 17.2 Å². The third-order valence-corrected chi connectivity index (χ3v) is 4.20. The number of halogens is 2. The lowest BCUT2D eigenvalue weighted by Gasteiger charge is -2.16. The molecule has 0 spiro atoms. The molecule has 0 bridgehead atoms. The van der Waals surface area contributed by atoms with Gasteiger partial charge < -0.3 is 30.0 Å². The van der Waals surface area contributed by atoms with Gasteiger partial charge in [-0.3, -0.25) is 0 Å². The van der Waals surface area contributed by atoms with Gasteiger partial charge in [0.2, 0.25) is 0 Å². The van der Waals surface area contributed by atoms with Crippen LogP contribution in [0.2, 0.25) is 0 Å². The van der Waals surface area contributed by atoms with Gasteiger partial charge in [-0.2, -0.15) is 8.78 Å². The van der Waals surface area contributed by atoms with E-state index in [0.717, 1.165) is 5.56 Å². The number of alkyl halides is 2. The summed E-state index contributed by atoms with van der Waals surface area (Å²) in [6.45, 7) is -0.173. The monoisotopic (exact) mass is 423 g/mol. The first kappa shape index (κ1) is 23.2. The van der Waals surface area contributed by atoms with Gasteiger partial charge in [0.25, 0.3) is 0 Å². The summed E-state index contributed by atoms with van der Waals surface area (Å²) >= 11 is 0. The maximum Gasteiger partial charge on any atom is 0.387 e. The number of aliphatic hydroxyl groups excluding tert-OH is 1. The number of nitrogens with zero attached hydrogens (tertiary/aromatic N) is 1. The van der Waals surface area contributed by atoms with E-state index in [-0.39, 0.29) is 18.8 Å². The van der Waals surface area contributed by atoms with Crippen LogP contribution in [0.4, 0.5) is 8.78 Å². The molecule has 164 valence electrons. The lowest BCUT2D eigenvalue weighted by molar-refractivity contribution is -0.0504. The minimum atomic E-state index is -2.94. The van der Waals surface area contributed by atoms with Crippen molar-refractivity contribution in [3.8, 4) is 17.2 Å². The van der Waals surface area contributed by atoms with E-state index in [4.69, 9.17) is 9.47 Å². The molecule has 30 heavy (non-hydrogen) atoms. The van der Waals surface area contributed by atoms with Gasteiger partial charge in [-0.1, -0.05) is 12.1 Å². The molecule has 2 aromatic rings. The fourth-order valence-corrected chi connectivity index (χ4v) is 2.66. The zero-order valence-corrected chi connectivity index (χ0v) is 17.2. The third kappa shape index (κ3) is 7.07. The zero-order valence-electron chi connectivity index (χ0n) is 17.2. The number of methoxy groups -OCH3 is 2. The van der Waals surface area contributed by atoms with Gasteiger partial charge in [0.15, 0.2) is 5.96 Å². The maximum atomic E-state index is 12.7. The van der Waals surface area contributed by atoms with Crippen molar-refractivity contribution in [1.29, 1.82) is 0 Å². The molecular weight excluding hydrogens is 396 g/mol. The van der Waals surface area contributed by atoms with E-state index in [2.05, 4.69) is 20.4 Å². The maximum absolute atomic E-state index is 12.7. The molecule has 3 N–H and O–H groups in total. The molecular formula is C21H27F2N3O4. The molecule has 1 atom stereocenters. The van der Waals surface area contributed by atoms with Gasteiger partial charge in [0.1, 0.15) is 17.2 Å². The van der Waals surface area contributed by atoms with E-state index in [1.165, 1.54) is 13.2 Å². The lowest BCUT2D eigenvalue weighted by atomic mass is 10.1. The fourth-order valence-electron chi connectivity index (χ4n) is 2.66. The second-order valence-corrected chi connectivity index (χ2v) is 6.22. The van der Waals surface area contributed by atoms with Gasteiger partial charge in [0, 0.05) is 18.7 Å². The van der Waals surface area contributed by atoms with Crippen molar-refractivity contribution in [2.75, 3.05) is 27.3 Å². The molecule has 0 amide bonds. The Bertz CT molecular complexity index is 816. The summed E-state index contributed by atoms with van der Waals surface area (Å²) in [6.07, 6.45) is -0.769. The van der Waals surface area contributed by atoms with Crippen molar-refractivity contribution < 1.29 is 28.1 Å². The number of ether oxygens (including phenoxy) is 3. The number of benzene rings is 2. The second-order valence-electron chi connectivity index (χ2n) is 6.22. The molecule has 0 saturated carbocycles. The molecule has 0 heterocycles. The second kappa shape index (κ2) is 11.8. The molecule has 0 aromatic heterocycles.